The molecule has 0 unspecified atom stereocenters. The lowest BCUT2D eigenvalue weighted by molar-refractivity contribution is 0.297. The molecule has 0 amide bonds. The van der Waals surface area contributed by atoms with E-state index in [9.17, 15) is 8.42 Å². The summed E-state index contributed by atoms with van der Waals surface area (Å²) in [5.41, 5.74) is 1.09. The molecule has 1 aliphatic rings. The second kappa shape index (κ2) is 7.38. The van der Waals surface area contributed by atoms with Gasteiger partial charge in [0.1, 0.15) is 0 Å². The lowest BCUT2D eigenvalue weighted by atomic mass is 9.83. The third-order valence-corrected chi connectivity index (χ3v) is 5.49. The molecule has 21 heavy (non-hydrogen) atoms. The second-order valence-electron chi connectivity index (χ2n) is 6.16. The van der Waals surface area contributed by atoms with Gasteiger partial charge in [0.25, 0.3) is 0 Å². The summed E-state index contributed by atoms with van der Waals surface area (Å²) in [7, 11) is -3.36. The first-order valence-corrected chi connectivity index (χ1v) is 9.27. The van der Waals surface area contributed by atoms with E-state index in [4.69, 9.17) is 0 Å². The lowest BCUT2D eigenvalue weighted by Crippen LogP contribution is -2.27. The van der Waals surface area contributed by atoms with Gasteiger partial charge in [0.15, 0.2) is 0 Å². The highest BCUT2D eigenvalue weighted by molar-refractivity contribution is 7.89. The maximum atomic E-state index is 12.2. The Morgan fingerprint density at radius 1 is 1.19 bits per heavy atom. The first kappa shape index (κ1) is 16.5. The maximum absolute atomic E-state index is 12.2. The van der Waals surface area contributed by atoms with E-state index in [1.165, 1.54) is 19.3 Å². The van der Waals surface area contributed by atoms with Gasteiger partial charge < -0.3 is 5.32 Å². The number of benzene rings is 1. The Bertz CT molecular complexity index is 534. The first-order chi connectivity index (χ1) is 9.97. The highest BCUT2D eigenvalue weighted by Gasteiger charge is 2.19. The summed E-state index contributed by atoms with van der Waals surface area (Å²) in [5.74, 6) is 0.720. The van der Waals surface area contributed by atoms with E-state index in [1.807, 2.05) is 12.1 Å². The van der Waals surface area contributed by atoms with E-state index in [2.05, 4.69) is 23.9 Å². The lowest BCUT2D eigenvalue weighted by Gasteiger charge is -2.25. The fourth-order valence-corrected chi connectivity index (χ4v) is 3.42. The summed E-state index contributed by atoms with van der Waals surface area (Å²) >= 11 is 0. The van der Waals surface area contributed by atoms with Crippen molar-refractivity contribution in [1.29, 1.82) is 0 Å². The van der Waals surface area contributed by atoms with Gasteiger partial charge in [-0.25, -0.2) is 13.1 Å². The Balaban J connectivity index is 1.86. The molecule has 1 fully saturated rings. The van der Waals surface area contributed by atoms with E-state index >= 15 is 0 Å². The van der Waals surface area contributed by atoms with Gasteiger partial charge in [-0.2, -0.15) is 0 Å². The summed E-state index contributed by atoms with van der Waals surface area (Å²) in [4.78, 5) is 0.351. The van der Waals surface area contributed by atoms with Crippen molar-refractivity contribution in [3.8, 4) is 0 Å². The summed E-state index contributed by atoms with van der Waals surface area (Å²) in [6.07, 6.45) is 4.75. The highest BCUT2D eigenvalue weighted by Crippen LogP contribution is 2.28. The van der Waals surface area contributed by atoms with Gasteiger partial charge in [0, 0.05) is 19.1 Å². The molecule has 4 nitrogen and oxygen atoms in total. The number of rotatable bonds is 8. The molecule has 5 heteroatoms. The molecule has 0 bridgehead atoms. The van der Waals surface area contributed by atoms with Crippen LogP contribution in [0.2, 0.25) is 0 Å². The quantitative estimate of drug-likeness (QED) is 0.776. The minimum Gasteiger partial charge on any atom is -0.310 e. The summed E-state index contributed by atoms with van der Waals surface area (Å²) in [6.45, 7) is 5.48. The summed E-state index contributed by atoms with van der Waals surface area (Å²) < 4.78 is 27.0. The molecule has 2 N–H and O–H groups in total. The molecule has 0 spiro atoms. The van der Waals surface area contributed by atoms with Crippen molar-refractivity contribution >= 4 is 10.0 Å². The molecule has 0 heterocycles. The molecule has 0 saturated heterocycles. The molecule has 1 aromatic rings. The standard InChI is InChI=1S/C16H26N2O2S/c1-13(2)17-12-15-6-8-16(9-7-15)21(19,20)18-11-10-14-4-3-5-14/h6-9,13-14,17-18H,3-5,10-12H2,1-2H3. The van der Waals surface area contributed by atoms with Crippen LogP contribution >= 0.6 is 0 Å². The fourth-order valence-electron chi connectivity index (χ4n) is 2.37. The maximum Gasteiger partial charge on any atom is 0.240 e. The Hall–Kier alpha value is -0.910. The van der Waals surface area contributed by atoms with Gasteiger partial charge in [-0.15, -0.1) is 0 Å². The van der Waals surface area contributed by atoms with Gasteiger partial charge in [-0.1, -0.05) is 45.2 Å². The molecule has 1 aromatic carbocycles. The van der Waals surface area contributed by atoms with Crippen molar-refractivity contribution in [2.75, 3.05) is 6.54 Å². The number of hydrogen-bond acceptors (Lipinski definition) is 3. The van der Waals surface area contributed by atoms with Crippen molar-refractivity contribution in [1.82, 2.24) is 10.0 Å². The van der Waals surface area contributed by atoms with Crippen molar-refractivity contribution in [2.24, 2.45) is 5.92 Å². The Morgan fingerprint density at radius 2 is 1.86 bits per heavy atom. The van der Waals surface area contributed by atoms with Crippen LogP contribution in [0.25, 0.3) is 0 Å². The molecule has 118 valence electrons. The van der Waals surface area contributed by atoms with Crippen LogP contribution in [0.3, 0.4) is 0 Å². The summed E-state index contributed by atoms with van der Waals surface area (Å²) in [6, 6.07) is 7.53. The Morgan fingerprint density at radius 3 is 2.38 bits per heavy atom. The minimum absolute atomic E-state index is 0.351. The van der Waals surface area contributed by atoms with E-state index in [0.717, 1.165) is 24.4 Å². The van der Waals surface area contributed by atoms with Gasteiger partial charge in [0.05, 0.1) is 4.90 Å². The van der Waals surface area contributed by atoms with Gasteiger partial charge in [-0.3, -0.25) is 0 Å². The zero-order valence-corrected chi connectivity index (χ0v) is 13.7. The smallest absolute Gasteiger partial charge is 0.240 e. The van der Waals surface area contributed by atoms with Crippen LogP contribution in [0, 0.1) is 5.92 Å². The van der Waals surface area contributed by atoms with Crippen molar-refractivity contribution < 1.29 is 8.42 Å². The molecular formula is C16H26N2O2S. The molecule has 0 atom stereocenters. The van der Waals surface area contributed by atoms with Gasteiger partial charge >= 0.3 is 0 Å². The highest BCUT2D eigenvalue weighted by atomic mass is 32.2. The average molecular weight is 310 g/mol. The topological polar surface area (TPSA) is 58.2 Å². The third kappa shape index (κ3) is 5.09. The van der Waals surface area contributed by atoms with Crippen LogP contribution in [0.1, 0.15) is 45.1 Å². The molecule has 0 radical (unpaired) electrons. The minimum atomic E-state index is -3.36. The van der Waals surface area contributed by atoms with Gasteiger partial charge in [0.2, 0.25) is 10.0 Å². The first-order valence-electron chi connectivity index (χ1n) is 7.79. The molecule has 1 aliphatic carbocycles. The predicted molar refractivity (Wildman–Crippen MR) is 85.6 cm³/mol. The molecule has 0 aromatic heterocycles. The van der Waals surface area contributed by atoms with E-state index in [1.54, 1.807) is 12.1 Å². The van der Waals surface area contributed by atoms with Crippen LogP contribution in [0.5, 0.6) is 0 Å². The second-order valence-corrected chi connectivity index (χ2v) is 7.93. The SMILES string of the molecule is CC(C)NCc1ccc(S(=O)(=O)NCCC2CCC2)cc1. The van der Waals surface area contributed by atoms with Crippen molar-refractivity contribution in [3.05, 3.63) is 29.8 Å². The van der Waals surface area contributed by atoms with Crippen molar-refractivity contribution in [2.45, 2.75) is 57.0 Å². The van der Waals surface area contributed by atoms with Crippen LogP contribution in [-0.4, -0.2) is 21.0 Å². The molecule has 0 aliphatic heterocycles. The number of sulfonamides is 1. The summed E-state index contributed by atoms with van der Waals surface area (Å²) in [5, 5.41) is 3.31. The van der Waals surface area contributed by atoms with E-state index in [-0.39, 0.29) is 0 Å². The van der Waals surface area contributed by atoms with Crippen LogP contribution in [0.4, 0.5) is 0 Å². The normalized spacial score (nSPS) is 16.1. The molecule has 2 rings (SSSR count). The van der Waals surface area contributed by atoms with Crippen LogP contribution in [0.15, 0.2) is 29.2 Å². The number of nitrogens with one attached hydrogen (secondary N) is 2. The largest absolute Gasteiger partial charge is 0.310 e. The monoisotopic (exact) mass is 310 g/mol. The molecular weight excluding hydrogens is 284 g/mol. The fraction of sp³-hybridized carbons (Fsp3) is 0.625. The predicted octanol–water partition coefficient (Wildman–Crippen LogP) is 2.65. The van der Waals surface area contributed by atoms with E-state index in [0.29, 0.717) is 17.5 Å². The van der Waals surface area contributed by atoms with Gasteiger partial charge in [-0.05, 0) is 30.0 Å². The Labute approximate surface area is 128 Å². The number of hydrogen-bond donors (Lipinski definition) is 2. The van der Waals surface area contributed by atoms with E-state index < -0.39 is 10.0 Å². The zero-order valence-electron chi connectivity index (χ0n) is 12.9. The average Bonchev–Trinajstić information content (AvgIpc) is 2.40. The van der Waals surface area contributed by atoms with Crippen LogP contribution < -0.4 is 10.0 Å². The zero-order chi connectivity index (χ0) is 15.3. The third-order valence-electron chi connectivity index (χ3n) is 4.02. The molecule has 1 saturated carbocycles. The Kier molecular flexibility index (Phi) is 5.79. The van der Waals surface area contributed by atoms with Crippen LogP contribution in [-0.2, 0) is 16.6 Å². The van der Waals surface area contributed by atoms with Crippen molar-refractivity contribution in [3.63, 3.8) is 0 Å².